The minimum atomic E-state index is 0.751. The molecule has 0 bridgehead atoms. The lowest BCUT2D eigenvalue weighted by Crippen LogP contribution is -2.26. The van der Waals surface area contributed by atoms with Crippen molar-refractivity contribution in [3.8, 4) is 0 Å². The number of nitrogens with one attached hydrogen (secondary N) is 1. The first-order valence-corrected chi connectivity index (χ1v) is 5.68. The molecule has 0 unspecified atom stereocenters. The maximum atomic E-state index is 9.22. The third-order valence-corrected chi connectivity index (χ3v) is 3.17. The van der Waals surface area contributed by atoms with Gasteiger partial charge in [-0.2, -0.15) is 0 Å². The van der Waals surface area contributed by atoms with Crippen molar-refractivity contribution in [2.75, 3.05) is 0 Å². The Balaban J connectivity index is 2.40. The van der Waals surface area contributed by atoms with Gasteiger partial charge < -0.3 is 0 Å². The van der Waals surface area contributed by atoms with Crippen molar-refractivity contribution in [3.05, 3.63) is 70.3 Å². The fraction of sp³-hybridized carbons (Fsp3) is 0.0667. The second-order valence-corrected chi connectivity index (χ2v) is 4.14. The van der Waals surface area contributed by atoms with Gasteiger partial charge in [-0.25, -0.2) is 0 Å². The lowest BCUT2D eigenvalue weighted by molar-refractivity contribution is 0.204. The molecule has 2 aliphatic carbocycles. The molecule has 3 rings (SSSR count). The molecule has 84 valence electrons. The van der Waals surface area contributed by atoms with Crippen molar-refractivity contribution in [1.82, 2.24) is 5.48 Å². The molecule has 0 spiro atoms. The molecule has 0 atom stereocenters. The van der Waals surface area contributed by atoms with E-state index in [0.717, 1.165) is 17.7 Å². The Morgan fingerprint density at radius 3 is 2.82 bits per heavy atom. The molecule has 2 nitrogen and oxygen atoms in total. The minimum Gasteiger partial charge on any atom is -0.291 e. The molecule has 1 aromatic rings. The Hall–Kier alpha value is -2.06. The highest BCUT2D eigenvalue weighted by Crippen LogP contribution is 2.25. The van der Waals surface area contributed by atoms with Crippen LogP contribution < -0.4 is 15.9 Å². The SMILES string of the molecule is ONC1=CC=c2ccccc2=C2CC=CC=C12. The zero-order chi connectivity index (χ0) is 11.7. The Morgan fingerprint density at radius 2 is 1.94 bits per heavy atom. The Bertz CT molecular complexity index is 662. The molecule has 0 amide bonds. The van der Waals surface area contributed by atoms with Gasteiger partial charge in [-0.05, 0) is 28.5 Å². The maximum Gasteiger partial charge on any atom is 0.0677 e. The van der Waals surface area contributed by atoms with Gasteiger partial charge in [0.1, 0.15) is 0 Å². The van der Waals surface area contributed by atoms with Crippen LogP contribution >= 0.6 is 0 Å². The summed E-state index contributed by atoms with van der Waals surface area (Å²) in [5.74, 6) is 0. The van der Waals surface area contributed by atoms with Crippen molar-refractivity contribution in [2.45, 2.75) is 6.42 Å². The summed E-state index contributed by atoms with van der Waals surface area (Å²) in [6, 6.07) is 8.30. The van der Waals surface area contributed by atoms with Crippen molar-refractivity contribution in [1.29, 1.82) is 0 Å². The molecule has 0 saturated carbocycles. The Kier molecular flexibility index (Phi) is 2.42. The first-order chi connectivity index (χ1) is 8.40. The summed E-state index contributed by atoms with van der Waals surface area (Å²) in [6.45, 7) is 0. The zero-order valence-corrected chi connectivity index (χ0v) is 9.35. The molecule has 2 heteroatoms. The van der Waals surface area contributed by atoms with E-state index in [4.69, 9.17) is 0 Å². The van der Waals surface area contributed by atoms with Gasteiger partial charge in [0.15, 0.2) is 0 Å². The quantitative estimate of drug-likeness (QED) is 0.705. The lowest BCUT2D eigenvalue weighted by atomic mass is 9.94. The minimum absolute atomic E-state index is 0.751. The van der Waals surface area contributed by atoms with Crippen molar-refractivity contribution >= 4 is 11.6 Å². The molecule has 1 aromatic carbocycles. The molecular formula is C15H13NO. The van der Waals surface area contributed by atoms with Crippen LogP contribution in [0.2, 0.25) is 0 Å². The van der Waals surface area contributed by atoms with Crippen molar-refractivity contribution in [3.63, 3.8) is 0 Å². The van der Waals surface area contributed by atoms with E-state index >= 15 is 0 Å². The zero-order valence-electron chi connectivity index (χ0n) is 9.35. The summed E-state index contributed by atoms with van der Waals surface area (Å²) in [5.41, 5.74) is 5.36. The molecule has 0 aliphatic heterocycles. The number of hydrogen-bond donors (Lipinski definition) is 2. The smallest absolute Gasteiger partial charge is 0.0677 e. The molecule has 0 heterocycles. The van der Waals surface area contributed by atoms with E-state index in [0.29, 0.717) is 0 Å². The highest BCUT2D eigenvalue weighted by atomic mass is 16.5. The second kappa shape index (κ2) is 4.07. The van der Waals surface area contributed by atoms with E-state index in [9.17, 15) is 5.21 Å². The molecule has 17 heavy (non-hydrogen) atoms. The Labute approximate surface area is 99.6 Å². The van der Waals surface area contributed by atoms with E-state index < -0.39 is 0 Å². The summed E-state index contributed by atoms with van der Waals surface area (Å²) in [7, 11) is 0. The van der Waals surface area contributed by atoms with Gasteiger partial charge in [0.2, 0.25) is 0 Å². The molecule has 2 aliphatic rings. The van der Waals surface area contributed by atoms with Crippen LogP contribution in [0.3, 0.4) is 0 Å². The van der Waals surface area contributed by atoms with Crippen LogP contribution in [0.1, 0.15) is 6.42 Å². The van der Waals surface area contributed by atoms with Crippen LogP contribution in [0.5, 0.6) is 0 Å². The largest absolute Gasteiger partial charge is 0.291 e. The average molecular weight is 223 g/mol. The van der Waals surface area contributed by atoms with E-state index in [1.54, 1.807) is 0 Å². The van der Waals surface area contributed by atoms with Gasteiger partial charge in [-0.3, -0.25) is 10.7 Å². The van der Waals surface area contributed by atoms with Crippen LogP contribution in [-0.2, 0) is 0 Å². The number of benzene rings is 1. The van der Waals surface area contributed by atoms with Crippen molar-refractivity contribution < 1.29 is 5.21 Å². The molecule has 0 aromatic heterocycles. The fourth-order valence-corrected chi connectivity index (χ4v) is 2.35. The maximum absolute atomic E-state index is 9.22. The third kappa shape index (κ3) is 1.63. The van der Waals surface area contributed by atoms with Crippen LogP contribution in [-0.4, -0.2) is 5.21 Å². The predicted octanol–water partition coefficient (Wildman–Crippen LogP) is 1.38. The third-order valence-electron chi connectivity index (χ3n) is 3.17. The molecular weight excluding hydrogens is 210 g/mol. The number of rotatable bonds is 1. The number of allylic oxidation sites excluding steroid dienone is 5. The fourth-order valence-electron chi connectivity index (χ4n) is 2.35. The van der Waals surface area contributed by atoms with E-state index in [1.807, 2.05) is 36.4 Å². The highest BCUT2D eigenvalue weighted by molar-refractivity contribution is 5.76. The summed E-state index contributed by atoms with van der Waals surface area (Å²) < 4.78 is 0. The molecule has 0 fully saturated rings. The van der Waals surface area contributed by atoms with Crippen LogP contribution in [0.25, 0.3) is 11.6 Å². The van der Waals surface area contributed by atoms with E-state index in [-0.39, 0.29) is 0 Å². The van der Waals surface area contributed by atoms with Gasteiger partial charge in [0, 0.05) is 5.57 Å². The number of fused-ring (bicyclic) bond motifs is 2. The van der Waals surface area contributed by atoms with Crippen LogP contribution in [0.4, 0.5) is 0 Å². The van der Waals surface area contributed by atoms with Gasteiger partial charge in [0.05, 0.1) is 5.70 Å². The summed E-state index contributed by atoms with van der Waals surface area (Å²) >= 11 is 0. The monoisotopic (exact) mass is 223 g/mol. The molecule has 0 saturated heterocycles. The standard InChI is InChI=1S/C15H13NO/c17-16-15-10-9-11-5-1-2-6-12(11)13-7-3-4-8-14(13)15/h1-6,8-10,16-17H,7H2. The summed E-state index contributed by atoms with van der Waals surface area (Å²) in [6.07, 6.45) is 11.0. The first kappa shape index (κ1) is 10.1. The highest BCUT2D eigenvalue weighted by Gasteiger charge is 2.13. The topological polar surface area (TPSA) is 32.3 Å². The van der Waals surface area contributed by atoms with Gasteiger partial charge in [0.25, 0.3) is 0 Å². The first-order valence-electron chi connectivity index (χ1n) is 5.68. The van der Waals surface area contributed by atoms with Crippen LogP contribution in [0.15, 0.2) is 59.8 Å². The van der Waals surface area contributed by atoms with Crippen molar-refractivity contribution in [2.24, 2.45) is 0 Å². The molecule has 0 radical (unpaired) electrons. The van der Waals surface area contributed by atoms with Gasteiger partial charge in [-0.1, -0.05) is 48.6 Å². The normalized spacial score (nSPS) is 17.1. The van der Waals surface area contributed by atoms with Gasteiger partial charge >= 0.3 is 0 Å². The molecule has 2 N–H and O–H groups in total. The lowest BCUT2D eigenvalue weighted by Gasteiger charge is -2.15. The number of hydrogen-bond acceptors (Lipinski definition) is 2. The van der Waals surface area contributed by atoms with E-state index in [1.165, 1.54) is 16.0 Å². The van der Waals surface area contributed by atoms with E-state index in [2.05, 4.69) is 23.7 Å². The van der Waals surface area contributed by atoms with Crippen LogP contribution in [0, 0.1) is 0 Å². The van der Waals surface area contributed by atoms with Gasteiger partial charge in [-0.15, -0.1) is 0 Å². The number of hydroxylamine groups is 1. The summed E-state index contributed by atoms with van der Waals surface area (Å²) in [4.78, 5) is 0. The Morgan fingerprint density at radius 1 is 1.06 bits per heavy atom. The summed E-state index contributed by atoms with van der Waals surface area (Å²) in [5, 5.41) is 11.6. The second-order valence-electron chi connectivity index (χ2n) is 4.14. The predicted molar refractivity (Wildman–Crippen MR) is 68.4 cm³/mol. The average Bonchev–Trinajstić information content (AvgIpc) is 2.56.